The minimum Gasteiger partial charge on any atom is -0.497 e. The van der Waals surface area contributed by atoms with Crippen LogP contribution in [0.2, 0.25) is 0 Å². The zero-order valence-corrected chi connectivity index (χ0v) is 15.5. The number of hydrogen-bond acceptors (Lipinski definition) is 5. The number of ether oxygens (including phenoxy) is 1. The molecule has 7 heteroatoms. The van der Waals surface area contributed by atoms with Crippen molar-refractivity contribution < 1.29 is 9.53 Å². The zero-order valence-electron chi connectivity index (χ0n) is 15.5. The van der Waals surface area contributed by atoms with Crippen LogP contribution in [-0.2, 0) is 6.54 Å². The Balaban J connectivity index is 1.62. The maximum absolute atomic E-state index is 12.7. The van der Waals surface area contributed by atoms with E-state index in [9.17, 15) is 4.79 Å². The molecule has 1 amide bonds. The van der Waals surface area contributed by atoms with Gasteiger partial charge in [-0.3, -0.25) is 4.79 Å². The van der Waals surface area contributed by atoms with Gasteiger partial charge in [-0.2, -0.15) is 0 Å². The number of para-hydroxylation sites is 1. The summed E-state index contributed by atoms with van der Waals surface area (Å²) in [4.78, 5) is 16.5. The van der Waals surface area contributed by atoms with Crippen LogP contribution in [0.25, 0.3) is 0 Å². The molecule has 138 valence electrons. The second-order valence-corrected chi connectivity index (χ2v) is 6.61. The molecule has 0 fully saturated rings. The van der Waals surface area contributed by atoms with Gasteiger partial charge in [0, 0.05) is 14.1 Å². The van der Waals surface area contributed by atoms with Gasteiger partial charge < -0.3 is 14.5 Å². The van der Waals surface area contributed by atoms with Crippen molar-refractivity contribution in [3.63, 3.8) is 0 Å². The summed E-state index contributed by atoms with van der Waals surface area (Å²) in [5.41, 5.74) is 3.39. The Bertz CT molecular complexity index is 984. The van der Waals surface area contributed by atoms with Gasteiger partial charge in [0.1, 0.15) is 11.4 Å². The van der Waals surface area contributed by atoms with Gasteiger partial charge in [-0.15, -0.1) is 5.10 Å². The Morgan fingerprint density at radius 2 is 1.89 bits per heavy atom. The third-order valence-corrected chi connectivity index (χ3v) is 4.87. The molecule has 0 saturated heterocycles. The molecule has 0 saturated carbocycles. The van der Waals surface area contributed by atoms with Crippen molar-refractivity contribution in [3.05, 3.63) is 71.5 Å². The van der Waals surface area contributed by atoms with Crippen LogP contribution in [0, 0.1) is 0 Å². The van der Waals surface area contributed by atoms with E-state index in [0.29, 0.717) is 12.1 Å². The van der Waals surface area contributed by atoms with Crippen molar-refractivity contribution in [1.29, 1.82) is 0 Å². The molecule has 27 heavy (non-hydrogen) atoms. The Hall–Kier alpha value is -3.35. The number of rotatable bonds is 4. The Morgan fingerprint density at radius 1 is 1.07 bits per heavy atom. The van der Waals surface area contributed by atoms with Crippen LogP contribution < -0.4 is 9.64 Å². The van der Waals surface area contributed by atoms with Gasteiger partial charge in [-0.25, -0.2) is 4.68 Å². The van der Waals surface area contributed by atoms with Crippen LogP contribution in [0.15, 0.2) is 54.7 Å². The van der Waals surface area contributed by atoms with Gasteiger partial charge in [0.25, 0.3) is 5.91 Å². The standard InChI is InChI=1S/C20H21N5O2/c1-23-18-10-5-4-9-16(18)20(26)24(2)19(23)17-13-25(22-21-17)12-14-7-6-8-15(11-14)27-3/h4-11,13,19H,12H2,1-3H3/t19-/m1/s1. The van der Waals surface area contributed by atoms with E-state index in [2.05, 4.69) is 15.2 Å². The van der Waals surface area contributed by atoms with E-state index in [4.69, 9.17) is 4.74 Å². The van der Waals surface area contributed by atoms with Gasteiger partial charge in [0.05, 0.1) is 31.1 Å². The van der Waals surface area contributed by atoms with Crippen molar-refractivity contribution in [2.75, 3.05) is 26.1 Å². The number of hydrogen-bond donors (Lipinski definition) is 0. The number of nitrogens with zero attached hydrogens (tertiary/aromatic N) is 5. The fourth-order valence-corrected chi connectivity index (χ4v) is 3.52. The number of fused-ring (bicyclic) bond motifs is 1. The molecular weight excluding hydrogens is 342 g/mol. The maximum Gasteiger partial charge on any atom is 0.257 e. The van der Waals surface area contributed by atoms with Crippen molar-refractivity contribution in [2.45, 2.75) is 12.7 Å². The second kappa shape index (κ2) is 6.75. The first kappa shape index (κ1) is 17.1. The highest BCUT2D eigenvalue weighted by Crippen LogP contribution is 2.35. The van der Waals surface area contributed by atoms with Gasteiger partial charge in [-0.1, -0.05) is 29.5 Å². The van der Waals surface area contributed by atoms with E-state index in [1.54, 1.807) is 23.7 Å². The van der Waals surface area contributed by atoms with Crippen LogP contribution in [0.4, 0.5) is 5.69 Å². The van der Waals surface area contributed by atoms with E-state index in [-0.39, 0.29) is 12.1 Å². The summed E-state index contributed by atoms with van der Waals surface area (Å²) in [5.74, 6) is 0.790. The van der Waals surface area contributed by atoms with Crippen LogP contribution in [0.3, 0.4) is 0 Å². The number of anilines is 1. The molecular formula is C20H21N5O2. The molecule has 0 aliphatic carbocycles. The number of methoxy groups -OCH3 is 1. The molecule has 1 aromatic heterocycles. The third kappa shape index (κ3) is 3.01. The van der Waals surface area contributed by atoms with Crippen LogP contribution in [0.1, 0.15) is 27.8 Å². The van der Waals surface area contributed by atoms with Gasteiger partial charge in [0.15, 0.2) is 6.17 Å². The topological polar surface area (TPSA) is 63.5 Å². The molecule has 0 bridgehead atoms. The van der Waals surface area contributed by atoms with E-state index in [1.165, 1.54) is 0 Å². The summed E-state index contributed by atoms with van der Waals surface area (Å²) >= 11 is 0. The fraction of sp³-hybridized carbons (Fsp3) is 0.250. The highest BCUT2D eigenvalue weighted by molar-refractivity contribution is 6.01. The lowest BCUT2D eigenvalue weighted by Crippen LogP contribution is -2.45. The average Bonchev–Trinajstić information content (AvgIpc) is 3.14. The second-order valence-electron chi connectivity index (χ2n) is 6.61. The van der Waals surface area contributed by atoms with Gasteiger partial charge in [0.2, 0.25) is 0 Å². The normalized spacial score (nSPS) is 16.4. The largest absolute Gasteiger partial charge is 0.497 e. The molecule has 0 radical (unpaired) electrons. The molecule has 2 aromatic carbocycles. The fourth-order valence-electron chi connectivity index (χ4n) is 3.52. The summed E-state index contributed by atoms with van der Waals surface area (Å²) in [6, 6.07) is 15.5. The first-order valence-corrected chi connectivity index (χ1v) is 8.70. The summed E-state index contributed by atoms with van der Waals surface area (Å²) < 4.78 is 7.04. The first-order valence-electron chi connectivity index (χ1n) is 8.70. The van der Waals surface area contributed by atoms with Crippen LogP contribution >= 0.6 is 0 Å². The molecule has 1 aliphatic heterocycles. The molecule has 4 rings (SSSR count). The smallest absolute Gasteiger partial charge is 0.257 e. The van der Waals surface area contributed by atoms with Crippen molar-refractivity contribution in [1.82, 2.24) is 19.9 Å². The zero-order chi connectivity index (χ0) is 19.0. The SMILES string of the molecule is COc1cccc(Cn2cc([C@H]3N(C)C(=O)c4ccccc4N3C)nn2)c1. The molecule has 3 aromatic rings. The Kier molecular flexibility index (Phi) is 4.27. The molecule has 1 atom stereocenters. The minimum absolute atomic E-state index is 0.0176. The Morgan fingerprint density at radius 3 is 2.70 bits per heavy atom. The number of carbonyl (C=O) groups is 1. The van der Waals surface area contributed by atoms with Crippen LogP contribution in [0.5, 0.6) is 5.75 Å². The maximum atomic E-state index is 12.7. The number of aromatic nitrogens is 3. The highest BCUT2D eigenvalue weighted by Gasteiger charge is 2.35. The van der Waals surface area contributed by atoms with E-state index in [1.807, 2.05) is 61.8 Å². The Labute approximate surface area is 157 Å². The lowest BCUT2D eigenvalue weighted by atomic mass is 10.1. The molecule has 0 unspecified atom stereocenters. The first-order chi connectivity index (χ1) is 13.1. The van der Waals surface area contributed by atoms with E-state index >= 15 is 0 Å². The molecule has 7 nitrogen and oxygen atoms in total. The predicted molar refractivity (Wildman–Crippen MR) is 102 cm³/mol. The number of amides is 1. The molecule has 2 heterocycles. The van der Waals surface area contributed by atoms with Crippen molar-refractivity contribution in [3.8, 4) is 5.75 Å². The van der Waals surface area contributed by atoms with Crippen molar-refractivity contribution in [2.24, 2.45) is 0 Å². The lowest BCUT2D eigenvalue weighted by molar-refractivity contribution is 0.0707. The lowest BCUT2D eigenvalue weighted by Gasteiger charge is -2.40. The highest BCUT2D eigenvalue weighted by atomic mass is 16.5. The van der Waals surface area contributed by atoms with E-state index in [0.717, 1.165) is 22.7 Å². The average molecular weight is 363 g/mol. The monoisotopic (exact) mass is 363 g/mol. The number of benzene rings is 2. The molecule has 1 aliphatic rings. The summed E-state index contributed by atoms with van der Waals surface area (Å²) in [7, 11) is 5.41. The minimum atomic E-state index is -0.300. The summed E-state index contributed by atoms with van der Waals surface area (Å²) in [6.07, 6.45) is 1.59. The van der Waals surface area contributed by atoms with Crippen molar-refractivity contribution >= 4 is 11.6 Å². The molecule has 0 N–H and O–H groups in total. The summed E-state index contributed by atoms with van der Waals surface area (Å²) in [6.45, 7) is 0.578. The van der Waals surface area contributed by atoms with Gasteiger partial charge >= 0.3 is 0 Å². The van der Waals surface area contributed by atoms with Gasteiger partial charge in [-0.05, 0) is 29.8 Å². The third-order valence-electron chi connectivity index (χ3n) is 4.87. The molecule has 0 spiro atoms. The summed E-state index contributed by atoms with van der Waals surface area (Å²) in [5, 5.41) is 8.59. The predicted octanol–water partition coefficient (Wildman–Crippen LogP) is 2.56. The van der Waals surface area contributed by atoms with Crippen LogP contribution in [-0.4, -0.2) is 47.0 Å². The van der Waals surface area contributed by atoms with E-state index < -0.39 is 0 Å². The quantitative estimate of drug-likeness (QED) is 0.713. The number of carbonyl (C=O) groups excluding carboxylic acids is 1.